The molecule has 0 radical (unpaired) electrons. The first kappa shape index (κ1) is 21.4. The predicted octanol–water partition coefficient (Wildman–Crippen LogP) is 5.81. The van der Waals surface area contributed by atoms with Crippen LogP contribution < -0.4 is 10.1 Å². The largest absolute Gasteiger partial charge is 0.488 e. The molecule has 1 fully saturated rings. The topological polar surface area (TPSA) is 47.6 Å². The fraction of sp³-hybridized carbons (Fsp3) is 0.480. The molecule has 3 rings (SSSR count). The molecule has 0 atom stereocenters. The minimum absolute atomic E-state index is 0.0250. The van der Waals surface area contributed by atoms with Crippen molar-refractivity contribution in [1.29, 1.82) is 0 Å². The number of amides is 1. The van der Waals surface area contributed by atoms with Crippen LogP contribution in [0.3, 0.4) is 0 Å². The predicted molar refractivity (Wildman–Crippen MR) is 117 cm³/mol. The molecular formula is C25H33NO3. The summed E-state index contributed by atoms with van der Waals surface area (Å²) in [6, 6.07) is 14.1. The molecule has 0 aromatic heterocycles. The van der Waals surface area contributed by atoms with Gasteiger partial charge in [0.2, 0.25) is 0 Å². The molecule has 1 amide bonds. The summed E-state index contributed by atoms with van der Waals surface area (Å²) in [6.45, 7) is 9.31. The van der Waals surface area contributed by atoms with Gasteiger partial charge in [0, 0.05) is 12.3 Å². The normalized spacial score (nSPS) is 21.6. The molecule has 156 valence electrons. The highest BCUT2D eigenvalue weighted by atomic mass is 16.5. The van der Waals surface area contributed by atoms with E-state index in [1.165, 1.54) is 0 Å². The van der Waals surface area contributed by atoms with E-state index in [9.17, 15) is 4.79 Å². The monoisotopic (exact) mass is 395 g/mol. The fourth-order valence-corrected chi connectivity index (χ4v) is 4.17. The number of ether oxygens (including phenoxy) is 2. The lowest BCUT2D eigenvalue weighted by molar-refractivity contribution is -0.146. The Morgan fingerprint density at radius 2 is 1.72 bits per heavy atom. The third-order valence-corrected chi connectivity index (χ3v) is 5.86. The van der Waals surface area contributed by atoms with Gasteiger partial charge in [0.25, 0.3) is 5.91 Å². The minimum Gasteiger partial charge on any atom is -0.488 e. The van der Waals surface area contributed by atoms with Crippen molar-refractivity contribution in [2.75, 3.05) is 11.9 Å². The molecular weight excluding hydrogens is 362 g/mol. The first-order valence-corrected chi connectivity index (χ1v) is 10.7. The molecule has 0 heterocycles. The molecule has 0 bridgehead atoms. The highest BCUT2D eigenvalue weighted by molar-refractivity contribution is 5.97. The van der Waals surface area contributed by atoms with Crippen molar-refractivity contribution in [1.82, 2.24) is 0 Å². The molecule has 2 aromatic carbocycles. The first-order chi connectivity index (χ1) is 13.9. The highest BCUT2D eigenvalue weighted by Gasteiger charge is 2.41. The summed E-state index contributed by atoms with van der Waals surface area (Å²) in [5.74, 6) is 1.50. The van der Waals surface area contributed by atoms with Gasteiger partial charge in [-0.15, -0.1) is 0 Å². The second kappa shape index (κ2) is 9.45. The van der Waals surface area contributed by atoms with Gasteiger partial charge in [-0.1, -0.05) is 37.3 Å². The quantitative estimate of drug-likeness (QED) is 0.644. The van der Waals surface area contributed by atoms with Crippen LogP contribution in [0.15, 0.2) is 42.5 Å². The molecule has 0 aliphatic heterocycles. The lowest BCUT2D eigenvalue weighted by Gasteiger charge is -2.37. The molecule has 0 unspecified atom stereocenters. The molecule has 4 heteroatoms. The zero-order chi connectivity index (χ0) is 20.9. The van der Waals surface area contributed by atoms with Crippen LogP contribution in [-0.2, 0) is 16.1 Å². The van der Waals surface area contributed by atoms with Gasteiger partial charge in [-0.05, 0) is 81.2 Å². The second-order valence-corrected chi connectivity index (χ2v) is 8.28. The van der Waals surface area contributed by atoms with Crippen LogP contribution in [0.5, 0.6) is 5.75 Å². The van der Waals surface area contributed by atoms with Crippen molar-refractivity contribution in [3.8, 4) is 5.75 Å². The molecule has 0 spiro atoms. The number of nitrogens with one attached hydrogen (secondary N) is 1. The summed E-state index contributed by atoms with van der Waals surface area (Å²) in [5, 5.41) is 3.12. The Balaban J connectivity index is 1.71. The molecule has 2 aromatic rings. The van der Waals surface area contributed by atoms with Crippen molar-refractivity contribution >= 4 is 11.6 Å². The van der Waals surface area contributed by atoms with Gasteiger partial charge in [-0.2, -0.15) is 0 Å². The van der Waals surface area contributed by atoms with E-state index < -0.39 is 5.60 Å². The van der Waals surface area contributed by atoms with Gasteiger partial charge in [-0.25, -0.2) is 0 Å². The van der Waals surface area contributed by atoms with Crippen LogP contribution in [0.1, 0.15) is 56.2 Å². The van der Waals surface area contributed by atoms with Crippen LogP contribution >= 0.6 is 0 Å². The molecule has 29 heavy (non-hydrogen) atoms. The molecule has 1 aliphatic carbocycles. The van der Waals surface area contributed by atoms with Crippen LogP contribution in [0.2, 0.25) is 0 Å². The van der Waals surface area contributed by atoms with E-state index in [-0.39, 0.29) is 5.91 Å². The van der Waals surface area contributed by atoms with Gasteiger partial charge in [0.05, 0.1) is 0 Å². The standard InChI is InChI=1S/C25H33NO3/c1-5-29-25(13-11-18(2)12-14-25)24(27)26-22-15-19(3)23(20(4)16-22)28-17-21-9-7-6-8-10-21/h6-10,15-16,18H,5,11-14,17H2,1-4H3,(H,26,27). The molecule has 1 saturated carbocycles. The zero-order valence-electron chi connectivity index (χ0n) is 18.1. The second-order valence-electron chi connectivity index (χ2n) is 8.28. The number of rotatable bonds is 7. The van der Waals surface area contributed by atoms with E-state index in [1.807, 2.05) is 51.1 Å². The maximum Gasteiger partial charge on any atom is 0.256 e. The van der Waals surface area contributed by atoms with E-state index in [0.717, 1.165) is 53.8 Å². The Labute approximate surface area is 174 Å². The van der Waals surface area contributed by atoms with E-state index in [2.05, 4.69) is 24.4 Å². The molecule has 0 saturated heterocycles. The number of benzene rings is 2. The van der Waals surface area contributed by atoms with Crippen LogP contribution in [-0.4, -0.2) is 18.1 Å². The lowest BCUT2D eigenvalue weighted by atomic mass is 9.78. The van der Waals surface area contributed by atoms with Gasteiger partial charge in [-0.3, -0.25) is 4.79 Å². The van der Waals surface area contributed by atoms with Crippen LogP contribution in [0, 0.1) is 19.8 Å². The van der Waals surface area contributed by atoms with Gasteiger partial charge in [0.15, 0.2) is 0 Å². The van der Waals surface area contributed by atoms with Gasteiger partial charge >= 0.3 is 0 Å². The van der Waals surface area contributed by atoms with Crippen LogP contribution in [0.25, 0.3) is 0 Å². The Hall–Kier alpha value is -2.33. The van der Waals surface area contributed by atoms with Crippen molar-refractivity contribution in [2.24, 2.45) is 5.92 Å². The van der Waals surface area contributed by atoms with E-state index in [0.29, 0.717) is 19.1 Å². The number of carbonyl (C=O) groups excluding carboxylic acids is 1. The fourth-order valence-electron chi connectivity index (χ4n) is 4.17. The Morgan fingerprint density at radius 3 is 2.31 bits per heavy atom. The zero-order valence-corrected chi connectivity index (χ0v) is 18.1. The maximum atomic E-state index is 13.1. The number of aryl methyl sites for hydroxylation is 2. The number of carbonyl (C=O) groups is 1. The molecule has 4 nitrogen and oxygen atoms in total. The third-order valence-electron chi connectivity index (χ3n) is 5.86. The summed E-state index contributed by atoms with van der Waals surface area (Å²) < 4.78 is 12.1. The summed E-state index contributed by atoms with van der Waals surface area (Å²) in [4.78, 5) is 13.1. The average molecular weight is 396 g/mol. The van der Waals surface area contributed by atoms with Crippen molar-refractivity contribution in [3.63, 3.8) is 0 Å². The Kier molecular flexibility index (Phi) is 6.96. The van der Waals surface area contributed by atoms with Crippen molar-refractivity contribution < 1.29 is 14.3 Å². The summed E-state index contributed by atoms with van der Waals surface area (Å²) in [7, 11) is 0. The Bertz CT molecular complexity index is 800. The maximum absolute atomic E-state index is 13.1. The van der Waals surface area contributed by atoms with Gasteiger partial charge in [0.1, 0.15) is 18.0 Å². The van der Waals surface area contributed by atoms with E-state index in [1.54, 1.807) is 0 Å². The number of hydrogen-bond donors (Lipinski definition) is 1. The molecule has 1 N–H and O–H groups in total. The first-order valence-electron chi connectivity index (χ1n) is 10.7. The SMILES string of the molecule is CCOC1(C(=O)Nc2cc(C)c(OCc3ccccc3)c(C)c2)CCC(C)CC1. The summed E-state index contributed by atoms with van der Waals surface area (Å²) in [6.07, 6.45) is 3.61. The van der Waals surface area contributed by atoms with Gasteiger partial charge < -0.3 is 14.8 Å². The van der Waals surface area contributed by atoms with Crippen molar-refractivity contribution in [3.05, 3.63) is 59.2 Å². The van der Waals surface area contributed by atoms with Crippen molar-refractivity contribution in [2.45, 2.75) is 65.6 Å². The number of hydrogen-bond acceptors (Lipinski definition) is 3. The summed E-state index contributed by atoms with van der Waals surface area (Å²) in [5.41, 5.74) is 3.26. The van der Waals surface area contributed by atoms with E-state index in [4.69, 9.17) is 9.47 Å². The smallest absolute Gasteiger partial charge is 0.256 e. The van der Waals surface area contributed by atoms with E-state index >= 15 is 0 Å². The third kappa shape index (κ3) is 5.18. The Morgan fingerprint density at radius 1 is 1.10 bits per heavy atom. The minimum atomic E-state index is -0.703. The highest BCUT2D eigenvalue weighted by Crippen LogP contribution is 2.36. The lowest BCUT2D eigenvalue weighted by Crippen LogP contribution is -2.48. The van der Waals surface area contributed by atoms with Crippen LogP contribution in [0.4, 0.5) is 5.69 Å². The average Bonchev–Trinajstić information content (AvgIpc) is 2.70. The summed E-state index contributed by atoms with van der Waals surface area (Å²) >= 11 is 0. The number of anilines is 1. The molecule has 1 aliphatic rings.